The Morgan fingerprint density at radius 2 is 2.00 bits per heavy atom. The minimum Gasteiger partial charge on any atom is -0.303 e. The van der Waals surface area contributed by atoms with Gasteiger partial charge in [-0.15, -0.1) is 0 Å². The van der Waals surface area contributed by atoms with Crippen LogP contribution in [0.3, 0.4) is 0 Å². The summed E-state index contributed by atoms with van der Waals surface area (Å²) in [5, 5.41) is 0. The fourth-order valence-corrected chi connectivity index (χ4v) is 1.06. The van der Waals surface area contributed by atoms with Gasteiger partial charge in [-0.1, -0.05) is 37.3 Å². The van der Waals surface area contributed by atoms with Crippen molar-refractivity contribution in [1.29, 1.82) is 0 Å². The van der Waals surface area contributed by atoms with Crippen LogP contribution in [0.5, 0.6) is 0 Å². The number of rotatable bonds is 3. The van der Waals surface area contributed by atoms with Crippen molar-refractivity contribution in [2.45, 2.75) is 19.3 Å². The molecule has 0 fully saturated rings. The van der Waals surface area contributed by atoms with Crippen molar-refractivity contribution in [1.82, 2.24) is 0 Å². The number of carbonyl (C=O) groups is 1. The van der Waals surface area contributed by atoms with Crippen molar-refractivity contribution in [3.8, 4) is 0 Å². The summed E-state index contributed by atoms with van der Waals surface area (Å²) in [5.74, 6) is 0.355. The van der Waals surface area contributed by atoms with E-state index in [0.717, 1.165) is 6.29 Å². The molecule has 0 aromatic heterocycles. The van der Waals surface area contributed by atoms with E-state index in [1.165, 1.54) is 5.56 Å². The number of benzene rings is 1. The van der Waals surface area contributed by atoms with Crippen LogP contribution in [0.2, 0.25) is 0 Å². The molecule has 0 N–H and O–H groups in total. The van der Waals surface area contributed by atoms with Crippen molar-refractivity contribution in [3.05, 3.63) is 35.9 Å². The Morgan fingerprint density at radius 3 is 2.55 bits per heavy atom. The van der Waals surface area contributed by atoms with Gasteiger partial charge in [-0.25, -0.2) is 0 Å². The van der Waals surface area contributed by atoms with Crippen molar-refractivity contribution < 1.29 is 4.79 Å². The largest absolute Gasteiger partial charge is 0.303 e. The number of carbonyl (C=O) groups excluding carboxylic acids is 1. The zero-order chi connectivity index (χ0) is 8.10. The predicted molar refractivity (Wildman–Crippen MR) is 45.5 cm³/mol. The summed E-state index contributed by atoms with van der Waals surface area (Å²) in [6, 6.07) is 10.1. The van der Waals surface area contributed by atoms with Gasteiger partial charge in [0.1, 0.15) is 6.29 Å². The maximum Gasteiger partial charge on any atom is 0.120 e. The maximum absolute atomic E-state index is 10.2. The first kappa shape index (κ1) is 7.99. The van der Waals surface area contributed by atoms with Gasteiger partial charge in [-0.3, -0.25) is 0 Å². The minimum atomic E-state index is 0.355. The zero-order valence-electron chi connectivity index (χ0n) is 6.66. The van der Waals surface area contributed by atoms with Gasteiger partial charge >= 0.3 is 0 Å². The fourth-order valence-electron chi connectivity index (χ4n) is 1.06. The fraction of sp³-hybridized carbons (Fsp3) is 0.300. The number of aldehydes is 1. The standard InChI is InChI=1S/C10H12O/c1-9(7-8-11)10-5-3-2-4-6-10/h2-6,8-9H,7H2,1H3/t9-/m1/s1. The lowest BCUT2D eigenvalue weighted by Crippen LogP contribution is -1.92. The van der Waals surface area contributed by atoms with E-state index in [1.807, 2.05) is 30.3 Å². The SMILES string of the molecule is C[C@H](CC=O)c1ccccc1. The van der Waals surface area contributed by atoms with Crippen LogP contribution in [0.25, 0.3) is 0 Å². The van der Waals surface area contributed by atoms with E-state index >= 15 is 0 Å². The lowest BCUT2D eigenvalue weighted by Gasteiger charge is -2.06. The third-order valence-electron chi connectivity index (χ3n) is 1.82. The molecule has 0 amide bonds. The Bertz CT molecular complexity index is 216. The Morgan fingerprint density at radius 1 is 1.36 bits per heavy atom. The highest BCUT2D eigenvalue weighted by Gasteiger charge is 2.01. The van der Waals surface area contributed by atoms with Crippen molar-refractivity contribution in [2.24, 2.45) is 0 Å². The summed E-state index contributed by atoms with van der Waals surface area (Å²) in [6.07, 6.45) is 1.58. The Kier molecular flexibility index (Phi) is 2.84. The number of hydrogen-bond acceptors (Lipinski definition) is 1. The highest BCUT2D eigenvalue weighted by atomic mass is 16.1. The molecule has 0 radical (unpaired) electrons. The summed E-state index contributed by atoms with van der Waals surface area (Å²) in [7, 11) is 0. The summed E-state index contributed by atoms with van der Waals surface area (Å²) in [4.78, 5) is 10.2. The maximum atomic E-state index is 10.2. The van der Waals surface area contributed by atoms with E-state index in [0.29, 0.717) is 12.3 Å². The predicted octanol–water partition coefficient (Wildman–Crippen LogP) is 2.38. The lowest BCUT2D eigenvalue weighted by molar-refractivity contribution is -0.108. The molecule has 0 unspecified atom stereocenters. The van der Waals surface area contributed by atoms with E-state index in [9.17, 15) is 4.79 Å². The summed E-state index contributed by atoms with van der Waals surface area (Å²) >= 11 is 0. The van der Waals surface area contributed by atoms with Gasteiger partial charge in [0.15, 0.2) is 0 Å². The second-order valence-corrected chi connectivity index (χ2v) is 2.71. The van der Waals surface area contributed by atoms with Gasteiger partial charge in [-0.05, 0) is 11.5 Å². The van der Waals surface area contributed by atoms with Crippen LogP contribution < -0.4 is 0 Å². The van der Waals surface area contributed by atoms with Crippen LogP contribution in [-0.2, 0) is 4.79 Å². The first-order valence-electron chi connectivity index (χ1n) is 3.83. The van der Waals surface area contributed by atoms with E-state index in [1.54, 1.807) is 0 Å². The van der Waals surface area contributed by atoms with Crippen molar-refractivity contribution in [2.75, 3.05) is 0 Å². The summed E-state index contributed by atoms with van der Waals surface area (Å²) in [6.45, 7) is 2.06. The van der Waals surface area contributed by atoms with Crippen molar-refractivity contribution in [3.63, 3.8) is 0 Å². The molecule has 1 atom stereocenters. The molecule has 0 aliphatic rings. The lowest BCUT2D eigenvalue weighted by atomic mass is 9.99. The highest BCUT2D eigenvalue weighted by Crippen LogP contribution is 2.16. The first-order chi connectivity index (χ1) is 5.34. The normalized spacial score (nSPS) is 12.5. The van der Waals surface area contributed by atoms with Gasteiger partial charge in [0.05, 0.1) is 0 Å². The van der Waals surface area contributed by atoms with E-state index in [4.69, 9.17) is 0 Å². The van der Waals surface area contributed by atoms with Gasteiger partial charge in [-0.2, -0.15) is 0 Å². The van der Waals surface area contributed by atoms with Gasteiger partial charge in [0, 0.05) is 6.42 Å². The monoisotopic (exact) mass is 148 g/mol. The van der Waals surface area contributed by atoms with Crippen molar-refractivity contribution >= 4 is 6.29 Å². The van der Waals surface area contributed by atoms with Crippen LogP contribution >= 0.6 is 0 Å². The molecule has 0 bridgehead atoms. The number of hydrogen-bond donors (Lipinski definition) is 0. The van der Waals surface area contributed by atoms with Crippen LogP contribution in [0, 0.1) is 0 Å². The second kappa shape index (κ2) is 3.91. The molecule has 1 rings (SSSR count). The Balaban J connectivity index is 2.68. The molecule has 1 heteroatoms. The summed E-state index contributed by atoms with van der Waals surface area (Å²) < 4.78 is 0. The van der Waals surface area contributed by atoms with E-state index < -0.39 is 0 Å². The molecule has 0 aliphatic carbocycles. The topological polar surface area (TPSA) is 17.1 Å². The molecule has 0 saturated heterocycles. The Labute approximate surface area is 67.1 Å². The molecule has 0 heterocycles. The third kappa shape index (κ3) is 2.19. The third-order valence-corrected chi connectivity index (χ3v) is 1.82. The Hall–Kier alpha value is -1.11. The quantitative estimate of drug-likeness (QED) is 0.601. The minimum absolute atomic E-state index is 0.355. The van der Waals surface area contributed by atoms with Gasteiger partial charge < -0.3 is 4.79 Å². The molecule has 1 aromatic carbocycles. The van der Waals surface area contributed by atoms with Gasteiger partial charge in [0.2, 0.25) is 0 Å². The second-order valence-electron chi connectivity index (χ2n) is 2.71. The molecule has 1 aromatic rings. The first-order valence-corrected chi connectivity index (χ1v) is 3.83. The van der Waals surface area contributed by atoms with Crippen LogP contribution in [0.15, 0.2) is 30.3 Å². The van der Waals surface area contributed by atoms with Crippen LogP contribution in [-0.4, -0.2) is 6.29 Å². The average molecular weight is 148 g/mol. The molecule has 1 nitrogen and oxygen atoms in total. The molecule has 11 heavy (non-hydrogen) atoms. The molecule has 0 aliphatic heterocycles. The van der Waals surface area contributed by atoms with E-state index in [2.05, 4.69) is 6.92 Å². The summed E-state index contributed by atoms with van der Waals surface area (Å²) in [5.41, 5.74) is 1.24. The molecule has 0 spiro atoms. The molecular formula is C10H12O. The van der Waals surface area contributed by atoms with E-state index in [-0.39, 0.29) is 0 Å². The molecular weight excluding hydrogens is 136 g/mol. The molecule has 0 saturated carbocycles. The van der Waals surface area contributed by atoms with Gasteiger partial charge in [0.25, 0.3) is 0 Å². The zero-order valence-corrected chi connectivity index (χ0v) is 6.66. The highest BCUT2D eigenvalue weighted by molar-refractivity contribution is 5.51. The average Bonchev–Trinajstić information content (AvgIpc) is 2.07. The van der Waals surface area contributed by atoms with Crippen LogP contribution in [0.1, 0.15) is 24.8 Å². The smallest absolute Gasteiger partial charge is 0.120 e. The van der Waals surface area contributed by atoms with Crippen LogP contribution in [0.4, 0.5) is 0 Å². The molecule has 58 valence electrons.